The highest BCUT2D eigenvalue weighted by atomic mass is 19.4. The van der Waals surface area contributed by atoms with Gasteiger partial charge in [0.05, 0.1) is 17.0 Å². The Kier molecular flexibility index (Phi) is 6.80. The van der Waals surface area contributed by atoms with Crippen molar-refractivity contribution >= 4 is 11.9 Å². The minimum absolute atomic E-state index is 0.126. The van der Waals surface area contributed by atoms with Crippen molar-refractivity contribution in [2.75, 3.05) is 13.1 Å². The number of halogens is 6. The van der Waals surface area contributed by atoms with Crippen LogP contribution in [0.15, 0.2) is 48.5 Å². The molecule has 4 nitrogen and oxygen atoms in total. The van der Waals surface area contributed by atoms with Crippen LogP contribution in [0.2, 0.25) is 0 Å². The van der Waals surface area contributed by atoms with Gasteiger partial charge in [0.25, 0.3) is 5.91 Å². The highest BCUT2D eigenvalue weighted by Gasteiger charge is 2.32. The third-order valence-electron chi connectivity index (χ3n) is 5.24. The molecule has 10 heteroatoms. The molecule has 0 aromatic heterocycles. The number of benzene rings is 2. The topological polar surface area (TPSA) is 46.6 Å². The number of amides is 1. The second-order valence-electron chi connectivity index (χ2n) is 7.44. The lowest BCUT2D eigenvalue weighted by Gasteiger charge is -2.31. The van der Waals surface area contributed by atoms with Gasteiger partial charge in [0, 0.05) is 18.7 Å². The summed E-state index contributed by atoms with van der Waals surface area (Å²) in [5.74, 6) is -1.40. The van der Waals surface area contributed by atoms with E-state index in [-0.39, 0.29) is 25.3 Å². The van der Waals surface area contributed by atoms with Crippen molar-refractivity contribution in [3.63, 3.8) is 0 Å². The van der Waals surface area contributed by atoms with Gasteiger partial charge >= 0.3 is 18.3 Å². The molecule has 0 saturated carbocycles. The lowest BCUT2D eigenvalue weighted by molar-refractivity contribution is -0.151. The summed E-state index contributed by atoms with van der Waals surface area (Å²) in [6.45, 7) is 0.307. The molecule has 0 bridgehead atoms. The van der Waals surface area contributed by atoms with Crippen LogP contribution in [-0.4, -0.2) is 29.9 Å². The van der Waals surface area contributed by atoms with Crippen molar-refractivity contribution in [3.05, 3.63) is 70.8 Å². The maximum absolute atomic E-state index is 12.6. The molecule has 32 heavy (non-hydrogen) atoms. The Bertz CT molecular complexity index is 944. The molecule has 1 aliphatic rings. The van der Waals surface area contributed by atoms with E-state index in [9.17, 15) is 35.9 Å². The van der Waals surface area contributed by atoms with Gasteiger partial charge in [-0.15, -0.1) is 0 Å². The fourth-order valence-corrected chi connectivity index (χ4v) is 3.36. The highest BCUT2D eigenvalue weighted by Crippen LogP contribution is 2.30. The fourth-order valence-electron chi connectivity index (χ4n) is 3.36. The van der Waals surface area contributed by atoms with E-state index in [1.807, 2.05) is 0 Å². The van der Waals surface area contributed by atoms with E-state index >= 15 is 0 Å². The fraction of sp³-hybridized carbons (Fsp3) is 0.364. The lowest BCUT2D eigenvalue weighted by Crippen LogP contribution is -2.40. The van der Waals surface area contributed by atoms with E-state index in [2.05, 4.69) is 0 Å². The summed E-state index contributed by atoms with van der Waals surface area (Å²) in [6.07, 6.45) is -8.29. The monoisotopic (exact) mass is 459 g/mol. The van der Waals surface area contributed by atoms with Crippen LogP contribution in [0.3, 0.4) is 0 Å². The zero-order valence-corrected chi connectivity index (χ0v) is 16.7. The Balaban J connectivity index is 1.48. The molecule has 0 aliphatic carbocycles. The largest absolute Gasteiger partial charge is 0.461 e. The molecule has 2 aromatic carbocycles. The number of piperidine rings is 1. The Labute approximate surface area is 179 Å². The number of ether oxygens (including phenoxy) is 1. The third kappa shape index (κ3) is 5.80. The van der Waals surface area contributed by atoms with Gasteiger partial charge in [0.1, 0.15) is 6.61 Å². The van der Waals surface area contributed by atoms with Crippen molar-refractivity contribution in [2.45, 2.75) is 31.8 Å². The van der Waals surface area contributed by atoms with Gasteiger partial charge in [-0.3, -0.25) is 9.59 Å². The average molecular weight is 459 g/mol. The molecule has 3 rings (SSSR count). The Morgan fingerprint density at radius 1 is 0.812 bits per heavy atom. The minimum atomic E-state index is -4.49. The number of nitrogens with zero attached hydrogens (tertiary/aromatic N) is 1. The third-order valence-corrected chi connectivity index (χ3v) is 5.24. The molecule has 0 radical (unpaired) electrons. The maximum atomic E-state index is 12.6. The quantitative estimate of drug-likeness (QED) is 0.459. The summed E-state index contributed by atoms with van der Waals surface area (Å²) in [5, 5.41) is 0. The number of rotatable bonds is 4. The van der Waals surface area contributed by atoms with Gasteiger partial charge in [0.2, 0.25) is 0 Å². The smallest absolute Gasteiger partial charge is 0.416 e. The van der Waals surface area contributed by atoms with E-state index in [1.54, 1.807) is 0 Å². The van der Waals surface area contributed by atoms with Crippen LogP contribution in [0.5, 0.6) is 0 Å². The van der Waals surface area contributed by atoms with Crippen LogP contribution < -0.4 is 0 Å². The molecule has 1 aliphatic heterocycles. The summed E-state index contributed by atoms with van der Waals surface area (Å²) in [7, 11) is 0. The second kappa shape index (κ2) is 9.22. The number of likely N-dealkylation sites (tertiary alicyclic amines) is 1. The molecule has 1 saturated heterocycles. The average Bonchev–Trinajstić information content (AvgIpc) is 2.76. The summed E-state index contributed by atoms with van der Waals surface area (Å²) in [6, 6.07) is 8.23. The molecule has 1 fully saturated rings. The SMILES string of the molecule is O=C(OCc1ccc(C(F)(F)F)cc1)C1CCN(C(=O)c2ccc(C(F)(F)F)cc2)CC1. The lowest BCUT2D eigenvalue weighted by atomic mass is 9.96. The van der Waals surface area contributed by atoms with E-state index in [4.69, 9.17) is 4.74 Å². The van der Waals surface area contributed by atoms with Crippen LogP contribution in [0.25, 0.3) is 0 Å². The summed E-state index contributed by atoms with van der Waals surface area (Å²) in [5.41, 5.74) is -1.09. The van der Waals surface area contributed by atoms with Gasteiger partial charge < -0.3 is 9.64 Å². The van der Waals surface area contributed by atoms with E-state index in [1.165, 1.54) is 17.0 Å². The van der Waals surface area contributed by atoms with Gasteiger partial charge in [-0.1, -0.05) is 12.1 Å². The molecule has 1 amide bonds. The number of hydrogen-bond donors (Lipinski definition) is 0. The molecule has 1 heterocycles. The first-order chi connectivity index (χ1) is 14.9. The summed E-state index contributed by atoms with van der Waals surface area (Å²) in [4.78, 5) is 26.2. The second-order valence-corrected chi connectivity index (χ2v) is 7.44. The summed E-state index contributed by atoms with van der Waals surface area (Å²) < 4.78 is 80.9. The number of carbonyl (C=O) groups is 2. The standard InChI is InChI=1S/C22H19F6NO3/c23-21(24,25)17-5-1-14(2-6-17)13-32-20(31)16-9-11-29(12-10-16)19(30)15-3-7-18(8-4-15)22(26,27)28/h1-8,16H,9-13H2. The predicted molar refractivity (Wildman–Crippen MR) is 101 cm³/mol. The van der Waals surface area contributed by atoms with E-state index in [0.29, 0.717) is 18.4 Å². The van der Waals surface area contributed by atoms with Crippen molar-refractivity contribution in [2.24, 2.45) is 5.92 Å². The number of alkyl halides is 6. The zero-order valence-electron chi connectivity index (χ0n) is 16.7. The molecule has 0 N–H and O–H groups in total. The highest BCUT2D eigenvalue weighted by molar-refractivity contribution is 5.94. The molecular formula is C22H19F6NO3. The molecular weight excluding hydrogens is 440 g/mol. The minimum Gasteiger partial charge on any atom is -0.461 e. The first-order valence-corrected chi connectivity index (χ1v) is 9.74. The van der Waals surface area contributed by atoms with Crippen LogP contribution >= 0.6 is 0 Å². The molecule has 0 unspecified atom stereocenters. The maximum Gasteiger partial charge on any atom is 0.416 e. The number of esters is 1. The Morgan fingerprint density at radius 2 is 1.28 bits per heavy atom. The van der Waals surface area contributed by atoms with Crippen LogP contribution in [0.1, 0.15) is 39.9 Å². The van der Waals surface area contributed by atoms with Crippen LogP contribution in [0.4, 0.5) is 26.3 Å². The molecule has 2 aromatic rings. The van der Waals surface area contributed by atoms with Crippen LogP contribution in [-0.2, 0) is 28.5 Å². The Hall–Kier alpha value is -3.04. The normalized spacial score (nSPS) is 15.5. The zero-order chi connectivity index (χ0) is 23.5. The first kappa shape index (κ1) is 23.6. The molecule has 0 atom stereocenters. The van der Waals surface area contributed by atoms with Gasteiger partial charge in [-0.2, -0.15) is 26.3 Å². The predicted octanol–water partition coefficient (Wildman–Crippen LogP) is 5.32. The van der Waals surface area contributed by atoms with Gasteiger partial charge in [-0.25, -0.2) is 0 Å². The van der Waals surface area contributed by atoms with E-state index in [0.717, 1.165) is 36.4 Å². The summed E-state index contributed by atoms with van der Waals surface area (Å²) >= 11 is 0. The number of carbonyl (C=O) groups excluding carboxylic acids is 2. The molecule has 172 valence electrons. The van der Waals surface area contributed by atoms with Crippen LogP contribution in [0, 0.1) is 5.92 Å². The van der Waals surface area contributed by atoms with Crippen molar-refractivity contribution in [1.29, 1.82) is 0 Å². The van der Waals surface area contributed by atoms with Crippen molar-refractivity contribution in [1.82, 2.24) is 4.90 Å². The molecule has 0 spiro atoms. The van der Waals surface area contributed by atoms with Gasteiger partial charge in [0.15, 0.2) is 0 Å². The van der Waals surface area contributed by atoms with Crippen molar-refractivity contribution < 1.29 is 40.7 Å². The van der Waals surface area contributed by atoms with E-state index < -0.39 is 41.3 Å². The van der Waals surface area contributed by atoms with Gasteiger partial charge in [-0.05, 0) is 54.8 Å². The first-order valence-electron chi connectivity index (χ1n) is 9.74. The Morgan fingerprint density at radius 3 is 1.75 bits per heavy atom. The number of hydrogen-bond acceptors (Lipinski definition) is 3. The van der Waals surface area contributed by atoms with Crippen molar-refractivity contribution in [3.8, 4) is 0 Å².